The van der Waals surface area contributed by atoms with Gasteiger partial charge in [-0.2, -0.15) is 0 Å². The summed E-state index contributed by atoms with van der Waals surface area (Å²) >= 11 is 0. The Morgan fingerprint density at radius 2 is 1.54 bits per heavy atom. The lowest BCUT2D eigenvalue weighted by molar-refractivity contribution is 0.0979. The lowest BCUT2D eigenvalue weighted by atomic mass is 9.68. The van der Waals surface area contributed by atoms with E-state index in [4.69, 9.17) is 4.74 Å². The van der Waals surface area contributed by atoms with E-state index < -0.39 is 5.82 Å². The van der Waals surface area contributed by atoms with Crippen molar-refractivity contribution in [3.63, 3.8) is 0 Å². The van der Waals surface area contributed by atoms with Gasteiger partial charge in [0.25, 0.3) is 0 Å². The maximum Gasteiger partial charge on any atom is 0.168 e. The first-order chi connectivity index (χ1) is 18.0. The Kier molecular flexibility index (Phi) is 10.2. The average molecular weight is 507 g/mol. The highest BCUT2D eigenvalue weighted by molar-refractivity contribution is 5.97. The van der Waals surface area contributed by atoms with E-state index in [1.54, 1.807) is 19.1 Å². The topological polar surface area (TPSA) is 26.3 Å². The SMILES string of the molecule is CCCC1CCC(C2CCC(c3ccc(CCCC(=O)c4ccc(OCC)c(F)c4C)cc3)CC2)CC1. The maximum atomic E-state index is 14.5. The summed E-state index contributed by atoms with van der Waals surface area (Å²) in [6.45, 7) is 6.22. The van der Waals surface area contributed by atoms with Gasteiger partial charge in [-0.3, -0.25) is 4.79 Å². The summed E-state index contributed by atoms with van der Waals surface area (Å²) in [6, 6.07) is 12.4. The van der Waals surface area contributed by atoms with E-state index in [0.29, 0.717) is 30.1 Å². The average Bonchev–Trinajstić information content (AvgIpc) is 2.92. The second-order valence-electron chi connectivity index (χ2n) is 11.7. The molecule has 0 radical (unpaired) electrons. The highest BCUT2D eigenvalue weighted by Gasteiger charge is 2.31. The summed E-state index contributed by atoms with van der Waals surface area (Å²) in [5.74, 6) is 3.47. The van der Waals surface area contributed by atoms with Crippen LogP contribution < -0.4 is 4.74 Å². The first kappa shape index (κ1) is 27.9. The van der Waals surface area contributed by atoms with Crippen LogP contribution in [0.3, 0.4) is 0 Å². The third-order valence-corrected chi connectivity index (χ3v) is 9.30. The molecule has 0 aliphatic heterocycles. The molecule has 0 saturated heterocycles. The smallest absolute Gasteiger partial charge is 0.168 e. The third kappa shape index (κ3) is 7.24. The molecule has 0 amide bonds. The molecule has 0 N–H and O–H groups in total. The number of hydrogen-bond acceptors (Lipinski definition) is 2. The molecule has 2 aromatic rings. The van der Waals surface area contributed by atoms with Crippen LogP contribution in [0.4, 0.5) is 4.39 Å². The van der Waals surface area contributed by atoms with Crippen molar-refractivity contribution in [3.8, 4) is 5.75 Å². The minimum absolute atomic E-state index is 0.00618. The standard InChI is InChI=1S/C34H47FO2/c1-4-7-25-10-14-27(15-11-25)29-18-20-30(21-19-29)28-16-12-26(13-17-28)8-6-9-32(36)31-22-23-33(37-5-2)34(35)24(31)3/h12-13,16-17,22-23,25,27,29-30H,4-11,14-15,18-21H2,1-3H3. The van der Waals surface area contributed by atoms with Crippen LogP contribution in [-0.2, 0) is 6.42 Å². The lowest BCUT2D eigenvalue weighted by Gasteiger charge is -2.38. The first-order valence-electron chi connectivity index (χ1n) is 15.0. The zero-order valence-corrected chi connectivity index (χ0v) is 23.4. The minimum atomic E-state index is -0.420. The fourth-order valence-corrected chi connectivity index (χ4v) is 7.05. The monoisotopic (exact) mass is 506 g/mol. The van der Waals surface area contributed by atoms with E-state index in [-0.39, 0.29) is 11.5 Å². The second-order valence-corrected chi connectivity index (χ2v) is 11.7. The van der Waals surface area contributed by atoms with E-state index in [1.165, 1.54) is 75.3 Å². The third-order valence-electron chi connectivity index (χ3n) is 9.30. The molecule has 0 unspecified atom stereocenters. The molecule has 2 aliphatic rings. The molecular formula is C34H47FO2. The number of aryl methyl sites for hydroxylation is 1. The van der Waals surface area contributed by atoms with Gasteiger partial charge in [0.05, 0.1) is 6.61 Å². The normalized spacial score (nSPS) is 24.1. The molecule has 202 valence electrons. The summed E-state index contributed by atoms with van der Waals surface area (Å²) in [7, 11) is 0. The van der Waals surface area contributed by atoms with Crippen molar-refractivity contribution < 1.29 is 13.9 Å². The fraction of sp³-hybridized carbons (Fsp3) is 0.618. The van der Waals surface area contributed by atoms with Crippen molar-refractivity contribution in [3.05, 3.63) is 64.5 Å². The summed E-state index contributed by atoms with van der Waals surface area (Å²) < 4.78 is 19.8. The van der Waals surface area contributed by atoms with E-state index in [9.17, 15) is 9.18 Å². The Labute approximate surface area is 224 Å². The molecule has 2 fully saturated rings. The van der Waals surface area contributed by atoms with Gasteiger partial charge in [0.1, 0.15) is 0 Å². The predicted octanol–water partition coefficient (Wildman–Crippen LogP) is 9.62. The highest BCUT2D eigenvalue weighted by Crippen LogP contribution is 2.44. The zero-order chi connectivity index (χ0) is 26.2. The predicted molar refractivity (Wildman–Crippen MR) is 151 cm³/mol. The molecule has 2 aromatic carbocycles. The van der Waals surface area contributed by atoms with Crippen molar-refractivity contribution in [1.29, 1.82) is 0 Å². The largest absolute Gasteiger partial charge is 0.491 e. The van der Waals surface area contributed by atoms with Crippen LogP contribution in [0.2, 0.25) is 0 Å². The van der Waals surface area contributed by atoms with Crippen molar-refractivity contribution >= 4 is 5.78 Å². The van der Waals surface area contributed by atoms with Crippen molar-refractivity contribution in [1.82, 2.24) is 0 Å². The number of ether oxygens (including phenoxy) is 1. The van der Waals surface area contributed by atoms with E-state index in [0.717, 1.165) is 30.6 Å². The molecule has 0 atom stereocenters. The highest BCUT2D eigenvalue weighted by atomic mass is 19.1. The number of carbonyl (C=O) groups excluding carboxylic acids is 1. The minimum Gasteiger partial charge on any atom is -0.491 e. The van der Waals surface area contributed by atoms with Crippen molar-refractivity contribution in [2.45, 2.75) is 110 Å². The Hall–Kier alpha value is -2.16. The maximum absolute atomic E-state index is 14.5. The van der Waals surface area contributed by atoms with Gasteiger partial charge in [-0.15, -0.1) is 0 Å². The van der Waals surface area contributed by atoms with Gasteiger partial charge in [-0.05, 0) is 118 Å². The second kappa shape index (κ2) is 13.6. The number of benzene rings is 2. The summed E-state index contributed by atoms with van der Waals surface area (Å²) in [5.41, 5.74) is 3.63. The summed E-state index contributed by atoms with van der Waals surface area (Å²) in [4.78, 5) is 12.7. The fourth-order valence-electron chi connectivity index (χ4n) is 7.05. The molecule has 0 heterocycles. The van der Waals surface area contributed by atoms with Gasteiger partial charge in [-0.1, -0.05) is 56.9 Å². The van der Waals surface area contributed by atoms with Crippen LogP contribution in [0.25, 0.3) is 0 Å². The van der Waals surface area contributed by atoms with Crippen LogP contribution >= 0.6 is 0 Å². The number of hydrogen-bond donors (Lipinski definition) is 0. The van der Waals surface area contributed by atoms with E-state index in [2.05, 4.69) is 31.2 Å². The van der Waals surface area contributed by atoms with E-state index >= 15 is 0 Å². The van der Waals surface area contributed by atoms with Crippen LogP contribution in [0.15, 0.2) is 36.4 Å². The Morgan fingerprint density at radius 1 is 0.892 bits per heavy atom. The van der Waals surface area contributed by atoms with Crippen molar-refractivity contribution in [2.24, 2.45) is 17.8 Å². The van der Waals surface area contributed by atoms with Gasteiger partial charge in [0.2, 0.25) is 0 Å². The quantitative estimate of drug-likeness (QED) is 0.284. The van der Waals surface area contributed by atoms with Gasteiger partial charge >= 0.3 is 0 Å². The molecule has 37 heavy (non-hydrogen) atoms. The number of Topliss-reactive ketones (excluding diaryl/α,β-unsaturated/α-hetero) is 1. The molecule has 0 spiro atoms. The van der Waals surface area contributed by atoms with E-state index in [1.807, 2.05) is 6.92 Å². The van der Waals surface area contributed by atoms with Crippen molar-refractivity contribution in [2.75, 3.05) is 6.61 Å². The first-order valence-corrected chi connectivity index (χ1v) is 15.0. The Balaban J connectivity index is 1.21. The molecular weight excluding hydrogens is 459 g/mol. The van der Waals surface area contributed by atoms with Gasteiger partial charge in [0.15, 0.2) is 17.3 Å². The Morgan fingerprint density at radius 3 is 2.16 bits per heavy atom. The van der Waals surface area contributed by atoms with Gasteiger partial charge in [0, 0.05) is 12.0 Å². The molecule has 0 aromatic heterocycles. The molecule has 2 nitrogen and oxygen atoms in total. The lowest BCUT2D eigenvalue weighted by Crippen LogP contribution is -2.25. The Bertz CT molecular complexity index is 995. The summed E-state index contributed by atoms with van der Waals surface area (Å²) in [5, 5.41) is 0. The molecule has 4 rings (SSSR count). The number of rotatable bonds is 11. The van der Waals surface area contributed by atoms with Gasteiger partial charge < -0.3 is 4.74 Å². The zero-order valence-electron chi connectivity index (χ0n) is 23.4. The van der Waals surface area contributed by atoms with Gasteiger partial charge in [-0.25, -0.2) is 4.39 Å². The number of ketones is 1. The number of halogens is 1. The molecule has 0 bridgehead atoms. The van der Waals surface area contributed by atoms with Crippen LogP contribution in [0.5, 0.6) is 5.75 Å². The number of carbonyl (C=O) groups is 1. The molecule has 3 heteroatoms. The molecule has 2 aliphatic carbocycles. The summed E-state index contributed by atoms with van der Waals surface area (Å²) in [6.07, 6.45) is 16.3. The van der Waals surface area contributed by atoms with Crippen LogP contribution in [-0.4, -0.2) is 12.4 Å². The van der Waals surface area contributed by atoms with Crippen LogP contribution in [0, 0.1) is 30.5 Å². The molecule has 2 saturated carbocycles. The van der Waals surface area contributed by atoms with Crippen LogP contribution in [0.1, 0.15) is 124 Å².